The zero-order valence-corrected chi connectivity index (χ0v) is 45.0. The maximum Gasteiger partial charge on any atom is 3.00 e. The van der Waals surface area contributed by atoms with E-state index >= 15 is 0 Å². The van der Waals surface area contributed by atoms with Crippen LogP contribution in [0.1, 0.15) is 272 Å². The predicted octanol–water partition coefficient (Wildman–Crippen LogP) is 14.4. The monoisotopic (exact) mass is 960 g/mol. The molecule has 0 aliphatic rings. The molecule has 0 atom stereocenters. The minimum absolute atomic E-state index is 0. The molecule has 0 aliphatic carbocycles. The number of hydrogen-bond donors (Lipinski definition) is 1. The minimum Gasteiger partial charge on any atom is -0.550 e. The van der Waals surface area contributed by atoms with Gasteiger partial charge < -0.3 is 34.8 Å². The Bertz CT molecular complexity index is 989. The van der Waals surface area contributed by atoms with E-state index in [9.17, 15) is 29.7 Å². The fourth-order valence-corrected chi connectivity index (χ4v) is 6.40. The van der Waals surface area contributed by atoms with Crippen molar-refractivity contribution in [2.45, 2.75) is 272 Å². The van der Waals surface area contributed by atoms with Crippen molar-refractivity contribution in [1.29, 1.82) is 0 Å². The van der Waals surface area contributed by atoms with Gasteiger partial charge in [0.15, 0.2) is 0 Å². The van der Waals surface area contributed by atoms with Crippen molar-refractivity contribution in [3.8, 4) is 0 Å². The van der Waals surface area contributed by atoms with Crippen molar-refractivity contribution in [2.24, 2.45) is 0 Å². The number of carbonyl (C=O) groups excluding carboxylic acids is 3. The number of aliphatic carboxylic acids is 3. The summed E-state index contributed by atoms with van der Waals surface area (Å²) in [5, 5.41) is 38.7. The average molecular weight is 960 g/mol. The number of hydrogen-bond acceptors (Lipinski definition) is 7. The van der Waals surface area contributed by atoms with Gasteiger partial charge in [0, 0.05) is 24.5 Å². The van der Waals surface area contributed by atoms with Gasteiger partial charge in [-0.15, -0.1) is 0 Å². The third-order valence-corrected chi connectivity index (χ3v) is 10.5. The molecule has 0 aromatic heterocycles. The molecule has 1 N–H and O–H groups in total. The van der Waals surface area contributed by atoms with Crippen molar-refractivity contribution in [3.63, 3.8) is 0 Å². The zero-order valence-electron chi connectivity index (χ0n) is 43.4. The van der Waals surface area contributed by atoms with Crippen LogP contribution in [0.5, 0.6) is 0 Å². The molecule has 1 radical (unpaired) electrons. The minimum atomic E-state index is -0.921. The van der Waals surface area contributed by atoms with Crippen LogP contribution in [0.2, 0.25) is 0 Å². The second-order valence-corrected chi connectivity index (χ2v) is 17.1. The first-order valence-corrected chi connectivity index (χ1v) is 26.8. The van der Waals surface area contributed by atoms with E-state index in [0.717, 1.165) is 109 Å². The van der Waals surface area contributed by atoms with Crippen LogP contribution >= 0.6 is 0 Å². The normalized spacial score (nSPS) is 11.2. The Morgan fingerprint density at radius 2 is 0.500 bits per heavy atom. The number of allylic oxidation sites excluding steroid dienone is 12. The quantitative estimate of drug-likeness (QED) is 0.0364. The molecule has 0 spiro atoms. The summed E-state index contributed by atoms with van der Waals surface area (Å²) < 4.78 is 0. The van der Waals surface area contributed by atoms with Gasteiger partial charge in [0.1, 0.15) is 0 Å². The molecule has 0 aromatic carbocycles. The fraction of sp³-hybridized carbons (Fsp3) is 0.741. The van der Waals surface area contributed by atoms with E-state index in [-0.39, 0.29) is 41.0 Å². The topological polar surface area (TPSA) is 141 Å². The van der Waals surface area contributed by atoms with Crippen LogP contribution in [0.25, 0.3) is 0 Å². The van der Waals surface area contributed by atoms with Gasteiger partial charge in [0.2, 0.25) is 0 Å². The van der Waals surface area contributed by atoms with Gasteiger partial charge in [-0.2, -0.15) is 0 Å². The molecular formula is C58H103O7Ti. The number of unbranched alkanes of at least 4 members (excludes halogenated alkanes) is 25. The molecule has 381 valence electrons. The maximum atomic E-state index is 10.2. The predicted molar refractivity (Wildman–Crippen MR) is 275 cm³/mol. The first kappa shape index (κ1) is 72.5. The van der Waals surface area contributed by atoms with E-state index in [1.165, 1.54) is 116 Å². The Hall–Kier alpha value is -2.48. The van der Waals surface area contributed by atoms with E-state index in [1.54, 1.807) is 0 Å². The largest absolute Gasteiger partial charge is 3.00 e. The smallest absolute Gasteiger partial charge is 0.550 e. The van der Waals surface area contributed by atoms with E-state index in [0.29, 0.717) is 6.61 Å². The zero-order chi connectivity index (χ0) is 48.8. The summed E-state index contributed by atoms with van der Waals surface area (Å²) in [6, 6.07) is 0. The molecule has 0 bridgehead atoms. The average Bonchev–Trinajstić information content (AvgIpc) is 3.28. The number of carbonyl (C=O) groups is 3. The first-order valence-electron chi connectivity index (χ1n) is 26.8. The second kappa shape index (κ2) is 71.5. The summed E-state index contributed by atoms with van der Waals surface area (Å²) in [5.74, 6) is -2.76. The molecule has 0 heterocycles. The number of carboxylic acids is 3. The van der Waals surface area contributed by atoms with E-state index < -0.39 is 17.9 Å². The van der Waals surface area contributed by atoms with Crippen LogP contribution in [0.3, 0.4) is 0 Å². The summed E-state index contributed by atoms with van der Waals surface area (Å²) in [6.45, 7) is 9.09. The molecular weight excluding hydrogens is 856 g/mol. The molecule has 0 aliphatic heterocycles. The third kappa shape index (κ3) is 88.3. The van der Waals surface area contributed by atoms with Crippen molar-refractivity contribution in [1.82, 2.24) is 0 Å². The summed E-state index contributed by atoms with van der Waals surface area (Å²) in [6.07, 6.45) is 67.9. The third-order valence-electron chi connectivity index (χ3n) is 10.5. The van der Waals surface area contributed by atoms with Gasteiger partial charge in [0.05, 0.1) is 0 Å². The summed E-state index contributed by atoms with van der Waals surface area (Å²) in [5.41, 5.74) is 0. The molecule has 66 heavy (non-hydrogen) atoms. The van der Waals surface area contributed by atoms with E-state index in [4.69, 9.17) is 5.11 Å². The summed E-state index contributed by atoms with van der Waals surface area (Å²) in [4.78, 5) is 30.6. The van der Waals surface area contributed by atoms with Crippen LogP contribution < -0.4 is 15.3 Å². The summed E-state index contributed by atoms with van der Waals surface area (Å²) >= 11 is 0. The Labute approximate surface area is 423 Å². The van der Waals surface area contributed by atoms with Gasteiger partial charge in [-0.1, -0.05) is 203 Å². The molecule has 0 unspecified atom stereocenters. The number of rotatable bonds is 44. The first-order chi connectivity index (χ1) is 31.7. The summed E-state index contributed by atoms with van der Waals surface area (Å²) in [7, 11) is 0. The molecule has 0 amide bonds. The van der Waals surface area contributed by atoms with Crippen molar-refractivity contribution >= 4 is 17.9 Å². The van der Waals surface area contributed by atoms with Gasteiger partial charge in [-0.3, -0.25) is 0 Å². The standard InChI is InChI=1S/3C18H32O2.C4H10O.Ti/c3*1-2-3-4-5-6-7-8-9-10-11-12-13-14-15-16-17-18(19)20;1-2-3-4-5;/h3*6-7,9-10H,2-5,8,11-17H2,1H3,(H,19,20);5H,2-4H2,1H3;/q;;;;+3/p-3. The SMILES string of the molecule is CCCCCC=CCC=CCCCCCCCC(=O)[O-].CCCCCC=CCC=CCCCCCCCC(=O)[O-].CCCCCC=CCC=CCCCCCCCC(=O)[O-].CCCCO.[Ti+3]. The van der Waals surface area contributed by atoms with Gasteiger partial charge >= 0.3 is 21.7 Å². The van der Waals surface area contributed by atoms with Crippen LogP contribution in [0.15, 0.2) is 72.9 Å². The fourth-order valence-electron chi connectivity index (χ4n) is 6.40. The van der Waals surface area contributed by atoms with Crippen molar-refractivity contribution < 1.29 is 56.5 Å². The Balaban J connectivity index is -0.000000265. The molecule has 0 saturated heterocycles. The second-order valence-electron chi connectivity index (χ2n) is 17.1. The van der Waals surface area contributed by atoms with Gasteiger partial charge in [-0.25, -0.2) is 0 Å². The van der Waals surface area contributed by atoms with Gasteiger partial charge in [-0.05, 0) is 141 Å². The Morgan fingerprint density at radius 1 is 0.303 bits per heavy atom. The number of aliphatic hydroxyl groups excluding tert-OH is 1. The molecule has 0 fully saturated rings. The van der Waals surface area contributed by atoms with Crippen LogP contribution in [0.4, 0.5) is 0 Å². The van der Waals surface area contributed by atoms with E-state index in [1.807, 2.05) is 0 Å². The molecule has 8 heteroatoms. The number of carboxylic acid groups (broad SMARTS) is 3. The molecule has 0 saturated carbocycles. The van der Waals surface area contributed by atoms with Crippen LogP contribution in [-0.2, 0) is 36.1 Å². The van der Waals surface area contributed by atoms with Crippen LogP contribution in [0, 0.1) is 0 Å². The molecule has 0 aromatic rings. The Kier molecular flexibility index (Phi) is 78.6. The number of aliphatic hydroxyl groups is 1. The molecule has 7 nitrogen and oxygen atoms in total. The van der Waals surface area contributed by atoms with Crippen molar-refractivity contribution in [3.05, 3.63) is 72.9 Å². The van der Waals surface area contributed by atoms with Gasteiger partial charge in [0.25, 0.3) is 0 Å². The van der Waals surface area contributed by atoms with Crippen molar-refractivity contribution in [2.75, 3.05) is 6.61 Å². The molecule has 0 rings (SSSR count). The Morgan fingerprint density at radius 3 is 0.682 bits per heavy atom. The maximum absolute atomic E-state index is 10.2. The van der Waals surface area contributed by atoms with Crippen LogP contribution in [-0.4, -0.2) is 29.6 Å². The van der Waals surface area contributed by atoms with E-state index in [2.05, 4.69) is 101 Å².